The van der Waals surface area contributed by atoms with Gasteiger partial charge in [-0.25, -0.2) is 9.59 Å². The second-order valence-electron chi connectivity index (χ2n) is 8.06. The molecule has 0 aromatic rings. The molecule has 148 valence electrons. The summed E-state index contributed by atoms with van der Waals surface area (Å²) in [6, 6.07) is 0. The number of nitrogens with zero attached hydrogens (tertiary/aromatic N) is 1. The number of nitrogens with one attached hydrogen (secondary N) is 2. The monoisotopic (exact) mass is 359 g/mol. The fourth-order valence-electron chi connectivity index (χ4n) is 2.00. The molecule has 0 spiro atoms. The van der Waals surface area contributed by atoms with Gasteiger partial charge >= 0.3 is 12.2 Å². The molecule has 25 heavy (non-hydrogen) atoms. The molecule has 0 unspecified atom stereocenters. The van der Waals surface area contributed by atoms with Gasteiger partial charge in [0, 0.05) is 19.6 Å². The lowest BCUT2D eigenvalue weighted by Crippen LogP contribution is -2.39. The van der Waals surface area contributed by atoms with Crippen LogP contribution in [0.5, 0.6) is 0 Å². The maximum Gasteiger partial charge on any atom is 0.410 e. The minimum Gasteiger partial charge on any atom is -0.444 e. The molecular weight excluding hydrogens is 322 g/mol. The molecule has 0 bridgehead atoms. The van der Waals surface area contributed by atoms with Gasteiger partial charge in [0.2, 0.25) is 0 Å². The minimum atomic E-state index is -0.503. The Morgan fingerprint density at radius 3 is 1.92 bits per heavy atom. The fraction of sp³-hybridized carbons (Fsp3) is 0.889. The van der Waals surface area contributed by atoms with E-state index >= 15 is 0 Å². The molecule has 0 aromatic carbocycles. The molecule has 2 N–H and O–H groups in total. The third-order valence-electron chi connectivity index (χ3n) is 3.03. The number of unbranched alkanes of at least 4 members (excludes halogenated alkanes) is 1. The average molecular weight is 360 g/mol. The lowest BCUT2D eigenvalue weighted by atomic mass is 10.2. The molecule has 2 amide bonds. The Morgan fingerprint density at radius 1 is 0.840 bits per heavy atom. The number of hydrogen-bond acceptors (Lipinski definition) is 5. The van der Waals surface area contributed by atoms with Gasteiger partial charge in [-0.2, -0.15) is 0 Å². The van der Waals surface area contributed by atoms with Crippen LogP contribution in [0.4, 0.5) is 9.59 Å². The Balaban J connectivity index is 4.20. The summed E-state index contributed by atoms with van der Waals surface area (Å²) in [4.78, 5) is 25.6. The third kappa shape index (κ3) is 14.5. The predicted molar refractivity (Wildman–Crippen MR) is 99.8 cm³/mol. The van der Waals surface area contributed by atoms with E-state index in [1.165, 1.54) is 0 Å². The number of hydrogen-bond donors (Lipinski definition) is 2. The second-order valence-corrected chi connectivity index (χ2v) is 8.06. The lowest BCUT2D eigenvalue weighted by Gasteiger charge is -2.27. The van der Waals surface area contributed by atoms with E-state index in [0.717, 1.165) is 25.8 Å². The van der Waals surface area contributed by atoms with Crippen LogP contribution in [0.3, 0.4) is 0 Å². The van der Waals surface area contributed by atoms with Crippen LogP contribution in [0.25, 0.3) is 0 Å². The number of alkyl carbamates (subject to hydrolysis) is 1. The lowest BCUT2D eigenvalue weighted by molar-refractivity contribution is 0.0243. The van der Waals surface area contributed by atoms with Crippen molar-refractivity contribution in [1.29, 1.82) is 0 Å². The van der Waals surface area contributed by atoms with Crippen LogP contribution in [0.15, 0.2) is 0 Å². The molecule has 7 nitrogen and oxygen atoms in total. The highest BCUT2D eigenvalue weighted by molar-refractivity contribution is 5.68. The zero-order valence-corrected chi connectivity index (χ0v) is 17.0. The molecule has 0 fully saturated rings. The third-order valence-corrected chi connectivity index (χ3v) is 3.03. The highest BCUT2D eigenvalue weighted by atomic mass is 16.6. The molecule has 0 aliphatic rings. The summed E-state index contributed by atoms with van der Waals surface area (Å²) in [6.45, 7) is 13.7. The van der Waals surface area contributed by atoms with E-state index in [4.69, 9.17) is 9.47 Å². The quantitative estimate of drug-likeness (QED) is 0.618. The summed E-state index contributed by atoms with van der Waals surface area (Å²) in [6.07, 6.45) is 1.72. The van der Waals surface area contributed by atoms with Gasteiger partial charge in [0.05, 0.1) is 0 Å². The zero-order valence-electron chi connectivity index (χ0n) is 17.0. The zero-order chi connectivity index (χ0) is 19.5. The Hall–Kier alpha value is -1.50. The maximum absolute atomic E-state index is 12.3. The molecule has 0 saturated heterocycles. The van der Waals surface area contributed by atoms with Crippen LogP contribution >= 0.6 is 0 Å². The number of amides is 2. The highest BCUT2D eigenvalue weighted by Crippen LogP contribution is 2.11. The molecule has 7 heteroatoms. The standard InChI is InChI=1S/C18H37N3O4/c1-17(2,3)24-15(22)20-12-8-9-13-21(14-10-11-19-7)16(23)25-18(4,5)6/h19H,8-14H2,1-7H3,(H,20,22). The van der Waals surface area contributed by atoms with Crippen molar-refractivity contribution in [3.8, 4) is 0 Å². The summed E-state index contributed by atoms with van der Waals surface area (Å²) in [5.41, 5.74) is -0.998. The highest BCUT2D eigenvalue weighted by Gasteiger charge is 2.21. The Kier molecular flexibility index (Phi) is 10.5. The molecule has 0 rings (SSSR count). The first-order chi connectivity index (χ1) is 11.4. The van der Waals surface area contributed by atoms with Crippen LogP contribution in [0, 0.1) is 0 Å². The molecule has 0 heterocycles. The molecular formula is C18H37N3O4. The van der Waals surface area contributed by atoms with Crippen molar-refractivity contribution in [2.24, 2.45) is 0 Å². The minimum absolute atomic E-state index is 0.288. The average Bonchev–Trinajstić information content (AvgIpc) is 2.41. The van der Waals surface area contributed by atoms with Gasteiger partial charge in [0.1, 0.15) is 11.2 Å². The van der Waals surface area contributed by atoms with Crippen molar-refractivity contribution in [2.75, 3.05) is 33.2 Å². The normalized spacial score (nSPS) is 11.8. The summed E-state index contributed by atoms with van der Waals surface area (Å²) >= 11 is 0. The summed E-state index contributed by atoms with van der Waals surface area (Å²) in [5, 5.41) is 5.80. The first kappa shape index (κ1) is 23.5. The van der Waals surface area contributed by atoms with Crippen LogP contribution in [-0.4, -0.2) is 61.5 Å². The van der Waals surface area contributed by atoms with Gasteiger partial charge in [0.25, 0.3) is 0 Å². The first-order valence-corrected chi connectivity index (χ1v) is 9.04. The molecule has 0 radical (unpaired) electrons. The van der Waals surface area contributed by atoms with Gasteiger partial charge in [-0.3, -0.25) is 0 Å². The van der Waals surface area contributed by atoms with E-state index in [-0.39, 0.29) is 6.09 Å². The molecule has 0 atom stereocenters. The summed E-state index contributed by atoms with van der Waals surface area (Å²) in [5.74, 6) is 0. The van der Waals surface area contributed by atoms with Gasteiger partial charge in [0.15, 0.2) is 0 Å². The Morgan fingerprint density at radius 2 is 1.40 bits per heavy atom. The van der Waals surface area contributed by atoms with E-state index in [1.807, 2.05) is 48.6 Å². The van der Waals surface area contributed by atoms with Gasteiger partial charge in [-0.15, -0.1) is 0 Å². The number of carbonyl (C=O) groups is 2. The van der Waals surface area contributed by atoms with Crippen molar-refractivity contribution in [3.05, 3.63) is 0 Å². The van der Waals surface area contributed by atoms with Crippen molar-refractivity contribution in [1.82, 2.24) is 15.5 Å². The number of rotatable bonds is 9. The molecule has 0 saturated carbocycles. The first-order valence-electron chi connectivity index (χ1n) is 9.04. The van der Waals surface area contributed by atoms with Gasteiger partial charge in [-0.05, 0) is 74.4 Å². The largest absolute Gasteiger partial charge is 0.444 e. The van der Waals surface area contributed by atoms with E-state index in [9.17, 15) is 9.59 Å². The molecule has 0 aliphatic heterocycles. The number of carbonyl (C=O) groups excluding carboxylic acids is 2. The Labute approximate surface area is 152 Å². The molecule has 0 aliphatic carbocycles. The maximum atomic E-state index is 12.3. The van der Waals surface area contributed by atoms with E-state index in [0.29, 0.717) is 19.6 Å². The van der Waals surface area contributed by atoms with Crippen molar-refractivity contribution >= 4 is 12.2 Å². The van der Waals surface area contributed by atoms with Gasteiger partial charge in [-0.1, -0.05) is 0 Å². The van der Waals surface area contributed by atoms with Crippen LogP contribution in [-0.2, 0) is 9.47 Å². The van der Waals surface area contributed by atoms with E-state index < -0.39 is 17.3 Å². The van der Waals surface area contributed by atoms with E-state index in [1.54, 1.807) is 4.90 Å². The van der Waals surface area contributed by atoms with E-state index in [2.05, 4.69) is 10.6 Å². The van der Waals surface area contributed by atoms with Gasteiger partial charge < -0.3 is 25.0 Å². The van der Waals surface area contributed by atoms with Crippen molar-refractivity contribution in [2.45, 2.75) is 72.0 Å². The Bertz CT molecular complexity index is 400. The van der Waals surface area contributed by atoms with Crippen molar-refractivity contribution in [3.63, 3.8) is 0 Å². The molecule has 0 aromatic heterocycles. The predicted octanol–water partition coefficient (Wildman–Crippen LogP) is 3.14. The number of ether oxygens (including phenoxy) is 2. The SMILES string of the molecule is CNCCCN(CCCCNC(=O)OC(C)(C)C)C(=O)OC(C)(C)C. The smallest absolute Gasteiger partial charge is 0.410 e. The van der Waals surface area contributed by atoms with Crippen LogP contribution in [0.2, 0.25) is 0 Å². The van der Waals surface area contributed by atoms with Crippen LogP contribution in [0.1, 0.15) is 60.8 Å². The van der Waals surface area contributed by atoms with Crippen LogP contribution < -0.4 is 10.6 Å². The summed E-state index contributed by atoms with van der Waals surface area (Å²) in [7, 11) is 1.89. The topological polar surface area (TPSA) is 79.9 Å². The fourth-order valence-corrected chi connectivity index (χ4v) is 2.00. The van der Waals surface area contributed by atoms with Crippen molar-refractivity contribution < 1.29 is 19.1 Å². The second kappa shape index (κ2) is 11.2. The summed E-state index contributed by atoms with van der Waals surface area (Å²) < 4.78 is 10.6.